The van der Waals surface area contributed by atoms with Gasteiger partial charge in [-0.2, -0.15) is 0 Å². The van der Waals surface area contributed by atoms with E-state index >= 15 is 0 Å². The van der Waals surface area contributed by atoms with E-state index in [1.54, 1.807) is 0 Å². The molecule has 0 rings (SSSR count). The lowest BCUT2D eigenvalue weighted by atomic mass is 10.1. The summed E-state index contributed by atoms with van der Waals surface area (Å²) in [7, 11) is 5.52. The summed E-state index contributed by atoms with van der Waals surface area (Å²) >= 11 is 0. The maximum absolute atomic E-state index is 10.3. The van der Waals surface area contributed by atoms with Crippen molar-refractivity contribution in [2.45, 2.75) is 84.0 Å². The van der Waals surface area contributed by atoms with Crippen LogP contribution in [-0.2, 0) is 9.59 Å². The molecule has 0 aliphatic heterocycles. The zero-order valence-corrected chi connectivity index (χ0v) is 16.4. The summed E-state index contributed by atoms with van der Waals surface area (Å²) in [5, 5.41) is 16.7. The molecule has 0 unspecified atom stereocenters. The summed E-state index contributed by atoms with van der Waals surface area (Å²) in [4.78, 5) is 20.3. The third-order valence-corrected chi connectivity index (χ3v) is 3.60. The van der Waals surface area contributed by atoms with Crippen molar-refractivity contribution in [2.75, 3.05) is 27.7 Å². The quantitative estimate of drug-likeness (QED) is 0.357. The summed E-state index contributed by atoms with van der Waals surface area (Å²) in [6.45, 7) is 2.43. The van der Waals surface area contributed by atoms with Crippen molar-refractivity contribution in [3.05, 3.63) is 0 Å². The Morgan fingerprint density at radius 1 is 0.667 bits per heavy atom. The molecule has 5 heteroatoms. The number of likely N-dealkylation sites (N-methyl/N-ethyl adjacent to an activating group) is 1. The molecule has 2 N–H and O–H groups in total. The Hall–Kier alpha value is -1.10. The van der Waals surface area contributed by atoms with E-state index < -0.39 is 11.9 Å². The van der Waals surface area contributed by atoms with Crippen molar-refractivity contribution in [1.82, 2.24) is 0 Å². The molecule has 0 saturated carbocycles. The van der Waals surface area contributed by atoms with Crippen LogP contribution in [-0.4, -0.2) is 54.3 Å². The lowest BCUT2D eigenvalue weighted by Gasteiger charge is -2.20. The highest BCUT2D eigenvalue weighted by molar-refractivity contribution is 5.67. The SMILES string of the molecule is CCCCCCCCCCCCCC(=O)O.C[N+](C)(C)CC(=O)O. The van der Waals surface area contributed by atoms with Gasteiger partial charge >= 0.3 is 11.9 Å². The maximum atomic E-state index is 10.3. The largest absolute Gasteiger partial charge is 0.481 e. The zero-order chi connectivity index (χ0) is 18.8. The summed E-state index contributed by atoms with van der Waals surface area (Å²) in [6.07, 6.45) is 14.4. The van der Waals surface area contributed by atoms with Gasteiger partial charge in [0.1, 0.15) is 0 Å². The van der Waals surface area contributed by atoms with Crippen LogP contribution in [0.3, 0.4) is 0 Å². The lowest BCUT2D eigenvalue weighted by molar-refractivity contribution is -0.862. The van der Waals surface area contributed by atoms with E-state index in [1.807, 2.05) is 21.1 Å². The summed E-state index contributed by atoms with van der Waals surface area (Å²) in [5.74, 6) is -1.41. The Bertz CT molecular complexity index is 311. The average molecular weight is 347 g/mol. The Morgan fingerprint density at radius 3 is 1.29 bits per heavy atom. The second-order valence-corrected chi connectivity index (χ2v) is 7.52. The van der Waals surface area contributed by atoms with Crippen LogP contribution in [0.1, 0.15) is 84.0 Å². The number of hydrogen-bond donors (Lipinski definition) is 2. The van der Waals surface area contributed by atoms with Crippen LogP contribution in [0.5, 0.6) is 0 Å². The number of carboxylic acid groups (broad SMARTS) is 2. The first kappa shape index (κ1) is 25.1. The van der Waals surface area contributed by atoms with Crippen LogP contribution >= 0.6 is 0 Å². The average Bonchev–Trinajstić information content (AvgIpc) is 2.42. The molecule has 0 saturated heterocycles. The standard InChI is InChI=1S/C14H28O2.C5H11NO2/c1-2-3-4-5-6-7-8-9-10-11-12-13-14(15)16;1-6(2,3)4-5(7)8/h2-13H2,1H3,(H,15,16);4H2,1-3H3/p+1. The summed E-state index contributed by atoms with van der Waals surface area (Å²) in [6, 6.07) is 0. The van der Waals surface area contributed by atoms with Crippen LogP contribution in [0.2, 0.25) is 0 Å². The van der Waals surface area contributed by atoms with Gasteiger partial charge in [-0.25, -0.2) is 4.79 Å². The minimum absolute atomic E-state index is 0.181. The molecule has 0 bridgehead atoms. The second-order valence-electron chi connectivity index (χ2n) is 7.52. The van der Waals surface area contributed by atoms with Gasteiger partial charge < -0.3 is 14.7 Å². The Labute approximate surface area is 148 Å². The molecule has 24 heavy (non-hydrogen) atoms. The molecule has 0 spiro atoms. The van der Waals surface area contributed by atoms with Gasteiger partial charge in [0.2, 0.25) is 0 Å². The van der Waals surface area contributed by atoms with Crippen LogP contribution < -0.4 is 0 Å². The molecular formula is C19H40NO4+. The molecule has 0 aromatic heterocycles. The van der Waals surface area contributed by atoms with Crippen LogP contribution in [0.15, 0.2) is 0 Å². The fourth-order valence-corrected chi connectivity index (χ4v) is 2.35. The number of aliphatic carboxylic acids is 2. The normalized spacial score (nSPS) is 10.8. The highest BCUT2D eigenvalue weighted by Crippen LogP contribution is 2.11. The van der Waals surface area contributed by atoms with E-state index in [0.29, 0.717) is 10.9 Å². The highest BCUT2D eigenvalue weighted by atomic mass is 16.4. The zero-order valence-electron chi connectivity index (χ0n) is 16.4. The van der Waals surface area contributed by atoms with Crippen LogP contribution in [0, 0.1) is 0 Å². The topological polar surface area (TPSA) is 74.6 Å². The molecule has 0 radical (unpaired) electrons. The minimum atomic E-state index is -0.752. The van der Waals surface area contributed by atoms with Crippen molar-refractivity contribution in [3.8, 4) is 0 Å². The number of quaternary nitrogens is 1. The Morgan fingerprint density at radius 2 is 1.04 bits per heavy atom. The number of rotatable bonds is 14. The number of unbranched alkanes of at least 4 members (excludes halogenated alkanes) is 10. The van der Waals surface area contributed by atoms with E-state index in [9.17, 15) is 9.59 Å². The van der Waals surface area contributed by atoms with Gasteiger partial charge in [-0.3, -0.25) is 4.79 Å². The highest BCUT2D eigenvalue weighted by Gasteiger charge is 2.11. The molecule has 0 heterocycles. The molecule has 0 aromatic rings. The summed E-state index contributed by atoms with van der Waals surface area (Å²) < 4.78 is 0.481. The molecule has 0 aromatic carbocycles. The van der Waals surface area contributed by atoms with Crippen molar-refractivity contribution in [1.29, 1.82) is 0 Å². The number of hydrogen-bond acceptors (Lipinski definition) is 2. The second kappa shape index (κ2) is 16.7. The smallest absolute Gasteiger partial charge is 0.359 e. The third-order valence-electron chi connectivity index (χ3n) is 3.60. The number of carboxylic acids is 2. The van der Waals surface area contributed by atoms with Gasteiger partial charge in [-0.05, 0) is 6.42 Å². The first-order valence-corrected chi connectivity index (χ1v) is 9.43. The first-order valence-electron chi connectivity index (χ1n) is 9.43. The fourth-order valence-electron chi connectivity index (χ4n) is 2.35. The summed E-state index contributed by atoms with van der Waals surface area (Å²) in [5.41, 5.74) is 0. The fraction of sp³-hybridized carbons (Fsp3) is 0.895. The molecule has 0 aliphatic carbocycles. The predicted octanol–water partition coefficient (Wildman–Crippen LogP) is 4.55. The van der Waals surface area contributed by atoms with Gasteiger partial charge in [0.15, 0.2) is 6.54 Å². The molecule has 0 atom stereocenters. The van der Waals surface area contributed by atoms with E-state index in [-0.39, 0.29) is 6.54 Å². The van der Waals surface area contributed by atoms with Gasteiger partial charge in [0, 0.05) is 6.42 Å². The molecule has 144 valence electrons. The van der Waals surface area contributed by atoms with Gasteiger partial charge in [0.05, 0.1) is 21.1 Å². The minimum Gasteiger partial charge on any atom is -0.481 e. The first-order chi connectivity index (χ1) is 11.2. The lowest BCUT2D eigenvalue weighted by Crippen LogP contribution is -2.39. The van der Waals surface area contributed by atoms with Gasteiger partial charge in [-0.15, -0.1) is 0 Å². The maximum Gasteiger partial charge on any atom is 0.359 e. The van der Waals surface area contributed by atoms with E-state index in [4.69, 9.17) is 10.2 Å². The Balaban J connectivity index is 0. The van der Waals surface area contributed by atoms with Crippen molar-refractivity contribution >= 4 is 11.9 Å². The van der Waals surface area contributed by atoms with Crippen molar-refractivity contribution < 1.29 is 24.3 Å². The Kier molecular flexibility index (Phi) is 17.5. The monoisotopic (exact) mass is 346 g/mol. The molecule has 5 nitrogen and oxygen atoms in total. The van der Waals surface area contributed by atoms with E-state index in [2.05, 4.69) is 6.92 Å². The van der Waals surface area contributed by atoms with Gasteiger partial charge in [-0.1, -0.05) is 71.1 Å². The molecular weight excluding hydrogens is 306 g/mol. The van der Waals surface area contributed by atoms with E-state index in [1.165, 1.54) is 57.8 Å². The van der Waals surface area contributed by atoms with Crippen LogP contribution in [0.4, 0.5) is 0 Å². The molecule has 0 amide bonds. The number of carbonyl (C=O) groups is 2. The van der Waals surface area contributed by atoms with Crippen molar-refractivity contribution in [2.24, 2.45) is 0 Å². The number of nitrogens with zero attached hydrogens (tertiary/aromatic N) is 1. The van der Waals surface area contributed by atoms with Crippen molar-refractivity contribution in [3.63, 3.8) is 0 Å². The molecule has 0 fully saturated rings. The van der Waals surface area contributed by atoms with E-state index in [0.717, 1.165) is 12.8 Å². The van der Waals surface area contributed by atoms with Crippen LogP contribution in [0.25, 0.3) is 0 Å². The van der Waals surface area contributed by atoms with Gasteiger partial charge in [0.25, 0.3) is 0 Å². The predicted molar refractivity (Wildman–Crippen MR) is 99.2 cm³/mol. The third kappa shape index (κ3) is 29.0. The molecule has 0 aliphatic rings.